The van der Waals surface area contributed by atoms with Crippen LogP contribution >= 0.6 is 0 Å². The Hall–Kier alpha value is -3.29. The van der Waals surface area contributed by atoms with Crippen LogP contribution in [-0.2, 0) is 4.79 Å². The van der Waals surface area contributed by atoms with Crippen molar-refractivity contribution in [1.29, 1.82) is 0 Å². The highest BCUT2D eigenvalue weighted by Crippen LogP contribution is 2.22. The molecule has 0 saturated heterocycles. The van der Waals surface area contributed by atoms with Gasteiger partial charge in [-0.05, 0) is 48.4 Å². The lowest BCUT2D eigenvalue weighted by Gasteiger charge is -2.09. The number of hydrogen-bond acceptors (Lipinski definition) is 4. The SMILES string of the molecule is C=C(C(=O)O)c1ccc(OC(=O)c2ccc(OCCCC(F)(F)F)cc2)cc1. The molecule has 0 aromatic heterocycles. The maximum Gasteiger partial charge on any atom is 0.389 e. The zero-order valence-electron chi connectivity index (χ0n) is 14.7. The van der Waals surface area contributed by atoms with Gasteiger partial charge in [0, 0.05) is 6.42 Å². The largest absolute Gasteiger partial charge is 0.494 e. The monoisotopic (exact) mass is 394 g/mol. The number of aliphatic carboxylic acids is 1. The lowest BCUT2D eigenvalue weighted by atomic mass is 10.1. The lowest BCUT2D eigenvalue weighted by Crippen LogP contribution is -2.10. The average Bonchev–Trinajstić information content (AvgIpc) is 2.65. The van der Waals surface area contributed by atoms with E-state index in [4.69, 9.17) is 14.6 Å². The van der Waals surface area contributed by atoms with E-state index < -0.39 is 24.5 Å². The smallest absolute Gasteiger partial charge is 0.389 e. The van der Waals surface area contributed by atoms with Crippen LogP contribution in [0.3, 0.4) is 0 Å². The summed E-state index contributed by atoms with van der Waals surface area (Å²) in [6.45, 7) is 3.35. The van der Waals surface area contributed by atoms with Crippen molar-refractivity contribution >= 4 is 17.5 Å². The molecule has 0 bridgehead atoms. The minimum Gasteiger partial charge on any atom is -0.494 e. The fourth-order valence-corrected chi connectivity index (χ4v) is 2.16. The molecule has 2 aromatic carbocycles. The quantitative estimate of drug-likeness (QED) is 0.303. The van der Waals surface area contributed by atoms with Crippen LogP contribution in [0.2, 0.25) is 0 Å². The van der Waals surface area contributed by atoms with E-state index in [0.717, 1.165) is 0 Å². The average molecular weight is 394 g/mol. The topological polar surface area (TPSA) is 72.8 Å². The van der Waals surface area contributed by atoms with Crippen molar-refractivity contribution in [3.63, 3.8) is 0 Å². The first-order valence-electron chi connectivity index (χ1n) is 8.20. The Kier molecular flexibility index (Phi) is 6.81. The second-order valence-corrected chi connectivity index (χ2v) is 5.79. The van der Waals surface area contributed by atoms with E-state index in [9.17, 15) is 22.8 Å². The third-order valence-electron chi connectivity index (χ3n) is 3.63. The molecular formula is C20H17F3O5. The van der Waals surface area contributed by atoms with Gasteiger partial charge in [0.1, 0.15) is 11.5 Å². The Morgan fingerprint density at radius 1 is 0.929 bits per heavy atom. The molecule has 0 saturated carbocycles. The van der Waals surface area contributed by atoms with Gasteiger partial charge in [-0.3, -0.25) is 0 Å². The van der Waals surface area contributed by atoms with E-state index in [-0.39, 0.29) is 29.9 Å². The summed E-state index contributed by atoms with van der Waals surface area (Å²) in [6, 6.07) is 11.6. The number of carbonyl (C=O) groups excluding carboxylic acids is 1. The molecule has 0 radical (unpaired) electrons. The van der Waals surface area contributed by atoms with Crippen molar-refractivity contribution in [1.82, 2.24) is 0 Å². The highest BCUT2D eigenvalue weighted by Gasteiger charge is 2.26. The standard InChI is InChI=1S/C20H17F3O5/c1-13(18(24)25)14-3-9-17(10-4-14)28-19(26)15-5-7-16(8-6-15)27-12-2-11-20(21,22)23/h3-10H,1-2,11-12H2,(H,24,25). The molecule has 0 aliphatic heterocycles. The maximum atomic E-state index is 12.1. The van der Waals surface area contributed by atoms with E-state index >= 15 is 0 Å². The number of carbonyl (C=O) groups is 2. The summed E-state index contributed by atoms with van der Waals surface area (Å²) in [5.74, 6) is -1.23. The van der Waals surface area contributed by atoms with Gasteiger partial charge in [0.15, 0.2) is 0 Å². The highest BCUT2D eigenvalue weighted by molar-refractivity contribution is 6.14. The van der Waals surface area contributed by atoms with E-state index in [1.807, 2.05) is 0 Å². The summed E-state index contributed by atoms with van der Waals surface area (Å²) in [7, 11) is 0. The highest BCUT2D eigenvalue weighted by atomic mass is 19.4. The van der Waals surface area contributed by atoms with Crippen LogP contribution in [0.15, 0.2) is 55.1 Å². The first kappa shape index (κ1) is 21.0. The van der Waals surface area contributed by atoms with E-state index in [2.05, 4.69) is 6.58 Å². The zero-order chi connectivity index (χ0) is 20.7. The van der Waals surface area contributed by atoms with E-state index in [0.29, 0.717) is 11.3 Å². The van der Waals surface area contributed by atoms with Crippen LogP contribution in [0.4, 0.5) is 13.2 Å². The molecule has 148 valence electrons. The van der Waals surface area contributed by atoms with Gasteiger partial charge >= 0.3 is 18.1 Å². The second-order valence-electron chi connectivity index (χ2n) is 5.79. The third kappa shape index (κ3) is 6.46. The van der Waals surface area contributed by atoms with Crippen molar-refractivity contribution in [3.8, 4) is 11.5 Å². The zero-order valence-corrected chi connectivity index (χ0v) is 14.7. The van der Waals surface area contributed by atoms with Crippen molar-refractivity contribution < 1.29 is 37.3 Å². The summed E-state index contributed by atoms with van der Waals surface area (Å²) in [5.41, 5.74) is 0.532. The summed E-state index contributed by atoms with van der Waals surface area (Å²) in [4.78, 5) is 23.0. The molecule has 0 unspecified atom stereocenters. The predicted octanol–water partition coefficient (Wildman–Crippen LogP) is 4.72. The van der Waals surface area contributed by atoms with Crippen LogP contribution in [0.25, 0.3) is 5.57 Å². The first-order valence-corrected chi connectivity index (χ1v) is 8.20. The van der Waals surface area contributed by atoms with Gasteiger partial charge in [0.2, 0.25) is 0 Å². The number of esters is 1. The molecule has 0 spiro atoms. The Bertz CT molecular complexity index is 840. The van der Waals surface area contributed by atoms with Crippen LogP contribution in [-0.4, -0.2) is 29.8 Å². The van der Waals surface area contributed by atoms with Gasteiger partial charge in [-0.1, -0.05) is 18.7 Å². The molecule has 28 heavy (non-hydrogen) atoms. The molecule has 0 aliphatic carbocycles. The normalized spacial score (nSPS) is 11.0. The predicted molar refractivity (Wildman–Crippen MR) is 95.3 cm³/mol. The van der Waals surface area contributed by atoms with Crippen LogP contribution in [0, 0.1) is 0 Å². The molecule has 0 aliphatic rings. The molecule has 2 aromatic rings. The minimum atomic E-state index is -4.21. The third-order valence-corrected chi connectivity index (χ3v) is 3.63. The summed E-state index contributed by atoms with van der Waals surface area (Å²) < 4.78 is 46.6. The Morgan fingerprint density at radius 3 is 2.00 bits per heavy atom. The number of carboxylic acid groups (broad SMARTS) is 1. The fourth-order valence-electron chi connectivity index (χ4n) is 2.16. The number of carboxylic acids is 1. The van der Waals surface area contributed by atoms with Gasteiger partial charge in [0.05, 0.1) is 17.7 Å². The Balaban J connectivity index is 1.89. The number of halogens is 3. The molecule has 5 nitrogen and oxygen atoms in total. The molecule has 0 fully saturated rings. The van der Waals surface area contributed by atoms with Gasteiger partial charge < -0.3 is 14.6 Å². The number of rotatable bonds is 8. The molecule has 2 rings (SSSR count). The van der Waals surface area contributed by atoms with Crippen LogP contribution in [0.5, 0.6) is 11.5 Å². The van der Waals surface area contributed by atoms with Crippen LogP contribution in [0.1, 0.15) is 28.8 Å². The summed E-state index contributed by atoms with van der Waals surface area (Å²) in [5, 5.41) is 8.88. The van der Waals surface area contributed by atoms with Gasteiger partial charge in [-0.2, -0.15) is 13.2 Å². The van der Waals surface area contributed by atoms with Crippen LogP contribution < -0.4 is 9.47 Å². The first-order chi connectivity index (χ1) is 13.2. The fraction of sp³-hybridized carbons (Fsp3) is 0.200. The molecular weight excluding hydrogens is 377 g/mol. The summed E-state index contributed by atoms with van der Waals surface area (Å²) in [6.07, 6.45) is -5.29. The maximum absolute atomic E-state index is 12.1. The van der Waals surface area contributed by atoms with E-state index in [1.54, 1.807) is 0 Å². The van der Waals surface area contributed by atoms with Gasteiger partial charge in [-0.15, -0.1) is 0 Å². The number of benzene rings is 2. The second kappa shape index (κ2) is 9.07. The molecule has 0 atom stereocenters. The number of ether oxygens (including phenoxy) is 2. The van der Waals surface area contributed by atoms with Crippen molar-refractivity contribution in [2.75, 3.05) is 6.61 Å². The Morgan fingerprint density at radius 2 is 1.46 bits per heavy atom. The van der Waals surface area contributed by atoms with Crippen molar-refractivity contribution in [3.05, 3.63) is 66.2 Å². The molecule has 0 heterocycles. The number of hydrogen-bond donors (Lipinski definition) is 1. The van der Waals surface area contributed by atoms with Gasteiger partial charge in [-0.25, -0.2) is 9.59 Å². The minimum absolute atomic E-state index is 0.0799. The molecule has 8 heteroatoms. The van der Waals surface area contributed by atoms with Gasteiger partial charge in [0.25, 0.3) is 0 Å². The lowest BCUT2D eigenvalue weighted by molar-refractivity contribution is -0.136. The number of alkyl halides is 3. The van der Waals surface area contributed by atoms with E-state index in [1.165, 1.54) is 48.5 Å². The Labute approximate surface area is 159 Å². The van der Waals surface area contributed by atoms with Crippen molar-refractivity contribution in [2.45, 2.75) is 19.0 Å². The molecule has 1 N–H and O–H groups in total. The summed E-state index contributed by atoms with van der Waals surface area (Å²) >= 11 is 0. The van der Waals surface area contributed by atoms with Crippen molar-refractivity contribution in [2.24, 2.45) is 0 Å². The molecule has 0 amide bonds.